The number of carbonyl (C=O) groups is 1. The van der Waals surface area contributed by atoms with Gasteiger partial charge < -0.3 is 19.7 Å². The van der Waals surface area contributed by atoms with Gasteiger partial charge in [-0.2, -0.15) is 0 Å². The van der Waals surface area contributed by atoms with E-state index in [2.05, 4.69) is 5.32 Å². The highest BCUT2D eigenvalue weighted by Crippen LogP contribution is 2.20. The van der Waals surface area contributed by atoms with Gasteiger partial charge in [0.1, 0.15) is 11.9 Å². The van der Waals surface area contributed by atoms with Gasteiger partial charge in [-0.25, -0.2) is 0 Å². The van der Waals surface area contributed by atoms with Gasteiger partial charge in [-0.05, 0) is 37.1 Å². The van der Waals surface area contributed by atoms with Crippen LogP contribution in [-0.4, -0.2) is 35.5 Å². The molecule has 1 aliphatic rings. The Morgan fingerprint density at radius 1 is 1.29 bits per heavy atom. The van der Waals surface area contributed by atoms with Crippen LogP contribution in [0.3, 0.4) is 0 Å². The average Bonchev–Trinajstić information content (AvgIpc) is 3.17. The highest BCUT2D eigenvalue weighted by molar-refractivity contribution is 5.79. The van der Waals surface area contributed by atoms with Gasteiger partial charge in [-0.3, -0.25) is 4.79 Å². The molecule has 0 bridgehead atoms. The summed E-state index contributed by atoms with van der Waals surface area (Å²) in [5.41, 5.74) is 1.06. The number of rotatable bonds is 6. The first-order chi connectivity index (χ1) is 11.7. The highest BCUT2D eigenvalue weighted by Gasteiger charge is 2.28. The minimum Gasteiger partial charge on any atom is -0.467 e. The number of benzene rings is 1. The summed E-state index contributed by atoms with van der Waals surface area (Å²) in [6.07, 6.45) is 2.63. The average molecular weight is 328 g/mol. The normalized spacial score (nSPS) is 19.0. The molecule has 1 amide bonds. The summed E-state index contributed by atoms with van der Waals surface area (Å²) in [7, 11) is 0. The van der Waals surface area contributed by atoms with E-state index in [1.165, 1.54) is 6.26 Å². The molecule has 2 atom stereocenters. The van der Waals surface area contributed by atoms with Crippen LogP contribution in [0.1, 0.15) is 30.3 Å². The third-order valence-electron chi connectivity index (χ3n) is 4.44. The Morgan fingerprint density at radius 3 is 2.79 bits per heavy atom. The molecule has 1 saturated heterocycles. The molecular weight excluding hydrogens is 304 g/mol. The van der Waals surface area contributed by atoms with Gasteiger partial charge in [-0.15, -0.1) is 0 Å². The first kappa shape index (κ1) is 16.7. The van der Waals surface area contributed by atoms with Crippen molar-refractivity contribution in [2.75, 3.05) is 19.6 Å². The van der Waals surface area contributed by atoms with Crippen molar-refractivity contribution in [1.82, 2.24) is 10.2 Å². The standard InChI is InChI=1S/C19H24N2O3/c22-17(18-9-5-11-24-18)14-21(13-15-6-2-1-3-7-15)19(23)16-8-4-10-20-12-16/h1-3,5-7,9,11,16-17,20,22H,4,8,10,12-14H2. The molecule has 1 fully saturated rings. The Labute approximate surface area is 142 Å². The van der Waals surface area contributed by atoms with Crippen LogP contribution in [0.15, 0.2) is 53.1 Å². The maximum absolute atomic E-state index is 13.0. The van der Waals surface area contributed by atoms with Gasteiger partial charge in [0.2, 0.25) is 5.91 Å². The molecular formula is C19H24N2O3. The van der Waals surface area contributed by atoms with Crippen LogP contribution in [-0.2, 0) is 11.3 Å². The minimum absolute atomic E-state index is 0.0220. The van der Waals surface area contributed by atoms with E-state index < -0.39 is 6.10 Å². The SMILES string of the molecule is O=C(C1CCCNC1)N(Cc1ccccc1)CC(O)c1ccco1. The molecule has 0 spiro atoms. The van der Waals surface area contributed by atoms with Gasteiger partial charge >= 0.3 is 0 Å². The predicted molar refractivity (Wildman–Crippen MR) is 91.1 cm³/mol. The molecule has 2 unspecified atom stereocenters. The van der Waals surface area contributed by atoms with Crippen LogP contribution < -0.4 is 5.32 Å². The number of aliphatic hydroxyl groups is 1. The van der Waals surface area contributed by atoms with Crippen molar-refractivity contribution in [3.8, 4) is 0 Å². The van der Waals surface area contributed by atoms with Gasteiger partial charge in [0.05, 0.1) is 18.7 Å². The van der Waals surface area contributed by atoms with Crippen LogP contribution in [0.5, 0.6) is 0 Å². The van der Waals surface area contributed by atoms with Crippen LogP contribution in [0, 0.1) is 5.92 Å². The Kier molecular flexibility index (Phi) is 5.67. The first-order valence-electron chi connectivity index (χ1n) is 8.49. The molecule has 2 aromatic rings. The monoisotopic (exact) mass is 328 g/mol. The first-order valence-corrected chi connectivity index (χ1v) is 8.49. The maximum Gasteiger partial charge on any atom is 0.227 e. The number of hydrogen-bond acceptors (Lipinski definition) is 4. The van der Waals surface area contributed by atoms with E-state index >= 15 is 0 Å². The minimum atomic E-state index is -0.816. The van der Waals surface area contributed by atoms with E-state index in [1.807, 2.05) is 30.3 Å². The zero-order valence-electron chi connectivity index (χ0n) is 13.7. The van der Waals surface area contributed by atoms with E-state index in [9.17, 15) is 9.90 Å². The molecule has 5 heteroatoms. The lowest BCUT2D eigenvalue weighted by atomic mass is 9.97. The predicted octanol–water partition coefficient (Wildman–Crippen LogP) is 2.34. The van der Waals surface area contributed by atoms with Gasteiger partial charge in [-0.1, -0.05) is 30.3 Å². The number of nitrogens with one attached hydrogen (secondary N) is 1. The molecule has 2 N–H and O–H groups in total. The number of amides is 1. The number of furan rings is 1. The van der Waals surface area contributed by atoms with Crippen molar-refractivity contribution < 1.29 is 14.3 Å². The summed E-state index contributed by atoms with van der Waals surface area (Å²) in [5, 5.41) is 13.7. The number of aliphatic hydroxyl groups excluding tert-OH is 1. The molecule has 1 aromatic heterocycles. The molecule has 1 aliphatic heterocycles. The fraction of sp³-hybridized carbons (Fsp3) is 0.421. The zero-order valence-corrected chi connectivity index (χ0v) is 13.7. The van der Waals surface area contributed by atoms with E-state index in [-0.39, 0.29) is 18.4 Å². The molecule has 0 saturated carbocycles. The van der Waals surface area contributed by atoms with Crippen molar-refractivity contribution in [3.63, 3.8) is 0 Å². The molecule has 2 heterocycles. The summed E-state index contributed by atoms with van der Waals surface area (Å²) in [6.45, 7) is 2.41. The smallest absolute Gasteiger partial charge is 0.227 e. The zero-order chi connectivity index (χ0) is 16.8. The van der Waals surface area contributed by atoms with Crippen molar-refractivity contribution in [3.05, 3.63) is 60.1 Å². The highest BCUT2D eigenvalue weighted by atomic mass is 16.4. The van der Waals surface area contributed by atoms with Gasteiger partial charge in [0.25, 0.3) is 0 Å². The molecule has 0 radical (unpaired) electrons. The van der Waals surface area contributed by atoms with Crippen LogP contribution >= 0.6 is 0 Å². The lowest BCUT2D eigenvalue weighted by Gasteiger charge is -2.31. The van der Waals surface area contributed by atoms with E-state index in [1.54, 1.807) is 17.0 Å². The van der Waals surface area contributed by atoms with Crippen molar-refractivity contribution in [2.45, 2.75) is 25.5 Å². The van der Waals surface area contributed by atoms with E-state index in [0.29, 0.717) is 18.8 Å². The van der Waals surface area contributed by atoms with Crippen molar-refractivity contribution in [1.29, 1.82) is 0 Å². The van der Waals surface area contributed by atoms with Gasteiger partial charge in [0, 0.05) is 13.1 Å². The second kappa shape index (κ2) is 8.13. The molecule has 1 aromatic carbocycles. The second-order valence-electron chi connectivity index (χ2n) is 6.28. The second-order valence-corrected chi connectivity index (χ2v) is 6.28. The molecule has 128 valence electrons. The number of nitrogens with zero attached hydrogens (tertiary/aromatic N) is 1. The summed E-state index contributed by atoms with van der Waals surface area (Å²) < 4.78 is 5.27. The fourth-order valence-electron chi connectivity index (χ4n) is 3.14. The number of hydrogen-bond donors (Lipinski definition) is 2. The number of carbonyl (C=O) groups excluding carboxylic acids is 1. The summed E-state index contributed by atoms with van der Waals surface area (Å²) in [4.78, 5) is 14.7. The lowest BCUT2D eigenvalue weighted by Crippen LogP contribution is -2.44. The lowest BCUT2D eigenvalue weighted by molar-refractivity contribution is -0.138. The summed E-state index contributed by atoms with van der Waals surface area (Å²) in [5.74, 6) is 0.561. The largest absolute Gasteiger partial charge is 0.467 e. The quantitative estimate of drug-likeness (QED) is 0.854. The van der Waals surface area contributed by atoms with Crippen molar-refractivity contribution >= 4 is 5.91 Å². The van der Waals surface area contributed by atoms with Crippen LogP contribution in [0.4, 0.5) is 0 Å². The maximum atomic E-state index is 13.0. The van der Waals surface area contributed by atoms with Gasteiger partial charge in [0.15, 0.2) is 0 Å². The molecule has 0 aliphatic carbocycles. The molecule has 3 rings (SSSR count). The fourth-order valence-corrected chi connectivity index (χ4v) is 3.14. The topological polar surface area (TPSA) is 65.7 Å². The van der Waals surface area contributed by atoms with E-state index in [0.717, 1.165) is 24.9 Å². The van der Waals surface area contributed by atoms with Crippen molar-refractivity contribution in [2.24, 2.45) is 5.92 Å². The van der Waals surface area contributed by atoms with Crippen LogP contribution in [0.25, 0.3) is 0 Å². The third-order valence-corrected chi connectivity index (χ3v) is 4.44. The summed E-state index contributed by atoms with van der Waals surface area (Å²) in [6, 6.07) is 13.4. The third kappa shape index (κ3) is 4.24. The Balaban J connectivity index is 1.73. The van der Waals surface area contributed by atoms with E-state index in [4.69, 9.17) is 4.42 Å². The van der Waals surface area contributed by atoms with Crippen LogP contribution in [0.2, 0.25) is 0 Å². The molecule has 24 heavy (non-hydrogen) atoms. The Morgan fingerprint density at radius 2 is 2.12 bits per heavy atom. The Bertz CT molecular complexity index is 621. The molecule has 5 nitrogen and oxygen atoms in total. The Hall–Kier alpha value is -2.11. The number of piperidine rings is 1. The summed E-state index contributed by atoms with van der Waals surface area (Å²) >= 11 is 0.